The van der Waals surface area contributed by atoms with E-state index in [1.165, 1.54) is 12.1 Å². The van der Waals surface area contributed by atoms with Gasteiger partial charge in [-0.15, -0.1) is 11.3 Å². The molecule has 0 aliphatic heterocycles. The molecule has 0 saturated carbocycles. The molecule has 3 aromatic heterocycles. The summed E-state index contributed by atoms with van der Waals surface area (Å²) in [4.78, 5) is 28.3. The van der Waals surface area contributed by atoms with E-state index >= 15 is 0 Å². The molecule has 35 heavy (non-hydrogen) atoms. The van der Waals surface area contributed by atoms with Crippen LogP contribution in [0.1, 0.15) is 27.5 Å². The fourth-order valence-corrected chi connectivity index (χ4v) is 4.74. The van der Waals surface area contributed by atoms with Gasteiger partial charge in [-0.25, -0.2) is 9.37 Å². The van der Waals surface area contributed by atoms with Crippen LogP contribution in [0, 0.1) is 12.7 Å². The number of aromatic nitrogens is 3. The minimum atomic E-state index is -4.78. The van der Waals surface area contributed by atoms with Crippen LogP contribution in [0.4, 0.5) is 23.2 Å². The number of hydrogen-bond acceptors (Lipinski definition) is 5. The number of amides is 2. The predicted molar refractivity (Wildman–Crippen MR) is 126 cm³/mol. The van der Waals surface area contributed by atoms with Crippen LogP contribution in [0.5, 0.6) is 0 Å². The van der Waals surface area contributed by atoms with Gasteiger partial charge in [0.05, 0.1) is 15.9 Å². The summed E-state index contributed by atoms with van der Waals surface area (Å²) in [7, 11) is 0. The minimum Gasteiger partial charge on any atom is -0.365 e. The third kappa shape index (κ3) is 5.20. The molecule has 0 fully saturated rings. The zero-order valence-corrected chi connectivity index (χ0v) is 20.3. The third-order valence-electron chi connectivity index (χ3n) is 5.05. The van der Waals surface area contributed by atoms with Crippen molar-refractivity contribution in [2.45, 2.75) is 26.1 Å². The lowest BCUT2D eigenvalue weighted by Crippen LogP contribution is -2.18. The van der Waals surface area contributed by atoms with Crippen LogP contribution in [0.25, 0.3) is 21.3 Å². The predicted octanol–water partition coefficient (Wildman–Crippen LogP) is 5.52. The van der Waals surface area contributed by atoms with Crippen molar-refractivity contribution >= 4 is 55.0 Å². The van der Waals surface area contributed by atoms with E-state index in [1.807, 2.05) is 0 Å². The molecule has 13 heteroatoms. The fraction of sp³-hybridized carbons (Fsp3) is 0.182. The molecule has 2 amide bonds. The average Bonchev–Trinajstić information content (AvgIpc) is 3.31. The van der Waals surface area contributed by atoms with E-state index in [1.54, 1.807) is 17.8 Å². The maximum absolute atomic E-state index is 13.6. The van der Waals surface area contributed by atoms with Crippen LogP contribution < -0.4 is 11.1 Å². The Labute approximate surface area is 208 Å². The Bertz CT molecular complexity index is 1430. The van der Waals surface area contributed by atoms with Crippen molar-refractivity contribution in [2.24, 2.45) is 5.73 Å². The summed E-state index contributed by atoms with van der Waals surface area (Å²) >= 11 is 3.97. The molecule has 0 aliphatic rings. The maximum Gasteiger partial charge on any atom is 0.433 e. The Morgan fingerprint density at radius 1 is 1.23 bits per heavy atom. The van der Waals surface area contributed by atoms with Crippen LogP contribution in [0.3, 0.4) is 0 Å². The summed E-state index contributed by atoms with van der Waals surface area (Å²) in [5.41, 5.74) is 5.24. The molecular formula is C22H16BrF4N5O2S. The molecule has 3 N–H and O–H groups in total. The second-order valence-corrected chi connectivity index (χ2v) is 9.39. The topological polar surface area (TPSA) is 103 Å². The molecule has 0 radical (unpaired) electrons. The van der Waals surface area contributed by atoms with Gasteiger partial charge in [0.1, 0.15) is 21.2 Å². The van der Waals surface area contributed by atoms with E-state index in [4.69, 9.17) is 5.73 Å². The number of nitrogens with one attached hydrogen (secondary N) is 1. The van der Waals surface area contributed by atoms with Gasteiger partial charge in [0, 0.05) is 24.5 Å². The number of thiophene rings is 1. The fourth-order valence-electron chi connectivity index (χ4n) is 3.42. The lowest BCUT2D eigenvalue weighted by molar-refractivity contribution is -0.140. The van der Waals surface area contributed by atoms with Crippen LogP contribution in [0.2, 0.25) is 0 Å². The number of nitrogens with two attached hydrogens (primary N) is 1. The molecule has 7 nitrogen and oxygen atoms in total. The lowest BCUT2D eigenvalue weighted by atomic mass is 10.0. The number of carbonyl (C=O) groups is 2. The van der Waals surface area contributed by atoms with E-state index < -0.39 is 29.5 Å². The van der Waals surface area contributed by atoms with Crippen LogP contribution >= 0.6 is 27.3 Å². The van der Waals surface area contributed by atoms with Gasteiger partial charge in [-0.3, -0.25) is 14.3 Å². The number of rotatable bonds is 6. The number of halogens is 5. The number of alkyl halides is 3. The van der Waals surface area contributed by atoms with Gasteiger partial charge in [0.2, 0.25) is 5.91 Å². The number of aryl methyl sites for hydroxylation is 2. The van der Waals surface area contributed by atoms with Gasteiger partial charge in [-0.1, -0.05) is 12.1 Å². The number of nitrogens with zero attached hydrogens (tertiary/aromatic N) is 3. The molecule has 3 heterocycles. The van der Waals surface area contributed by atoms with Crippen molar-refractivity contribution in [3.63, 3.8) is 0 Å². The van der Waals surface area contributed by atoms with E-state index in [0.717, 1.165) is 28.4 Å². The smallest absolute Gasteiger partial charge is 0.365 e. The lowest BCUT2D eigenvalue weighted by Gasteiger charge is -2.12. The van der Waals surface area contributed by atoms with Crippen LogP contribution in [-0.4, -0.2) is 26.6 Å². The van der Waals surface area contributed by atoms with E-state index in [0.29, 0.717) is 11.3 Å². The molecule has 0 aliphatic carbocycles. The standard InChI is InChI=1S/C22H16BrF4N5O2S/c1-10-14(23)9-32(31-10)7-6-16(33)30-18-17-13(11-2-4-12(24)5-3-11)8-15(22(25,26)27)29-21(17)35-19(18)20(28)34/h2-5,8-9H,6-7H2,1H3,(H2,28,34)(H,30,33). The highest BCUT2D eigenvalue weighted by molar-refractivity contribution is 9.10. The van der Waals surface area contributed by atoms with E-state index in [2.05, 4.69) is 31.3 Å². The summed E-state index contributed by atoms with van der Waals surface area (Å²) in [6.07, 6.45) is -3.12. The zero-order valence-electron chi connectivity index (χ0n) is 17.9. The number of fused-ring (bicyclic) bond motifs is 1. The summed E-state index contributed by atoms with van der Waals surface area (Å²) < 4.78 is 56.5. The summed E-state index contributed by atoms with van der Waals surface area (Å²) in [5.74, 6) is -2.03. The van der Waals surface area contributed by atoms with Crippen molar-refractivity contribution in [1.29, 1.82) is 0 Å². The minimum absolute atomic E-state index is 0.0213. The average molecular weight is 570 g/mol. The first-order valence-corrected chi connectivity index (χ1v) is 11.6. The molecular weight excluding hydrogens is 554 g/mol. The van der Waals surface area contributed by atoms with Gasteiger partial charge in [0.25, 0.3) is 5.91 Å². The van der Waals surface area contributed by atoms with Crippen LogP contribution in [0.15, 0.2) is 41.0 Å². The van der Waals surface area contributed by atoms with Gasteiger partial charge < -0.3 is 11.1 Å². The normalized spacial score (nSPS) is 11.7. The second kappa shape index (κ2) is 9.38. The Morgan fingerprint density at radius 2 is 1.91 bits per heavy atom. The largest absolute Gasteiger partial charge is 0.433 e. The molecule has 0 bridgehead atoms. The molecule has 0 unspecified atom stereocenters. The molecule has 0 atom stereocenters. The van der Waals surface area contributed by atoms with Crippen LogP contribution in [-0.2, 0) is 17.5 Å². The number of pyridine rings is 1. The van der Waals surface area contributed by atoms with E-state index in [9.17, 15) is 27.2 Å². The maximum atomic E-state index is 13.6. The molecule has 182 valence electrons. The Hall–Kier alpha value is -3.32. The molecule has 4 aromatic rings. The molecule has 1 aromatic carbocycles. The van der Waals surface area contributed by atoms with Crippen molar-refractivity contribution in [3.8, 4) is 11.1 Å². The first-order valence-electron chi connectivity index (χ1n) is 10.0. The highest BCUT2D eigenvalue weighted by atomic mass is 79.9. The first-order chi connectivity index (χ1) is 16.4. The van der Waals surface area contributed by atoms with Gasteiger partial charge in [0.15, 0.2) is 0 Å². The highest BCUT2D eigenvalue weighted by Crippen LogP contribution is 2.43. The highest BCUT2D eigenvalue weighted by Gasteiger charge is 2.35. The van der Waals surface area contributed by atoms with Crippen molar-refractivity contribution in [1.82, 2.24) is 14.8 Å². The first kappa shape index (κ1) is 24.8. The van der Waals surface area contributed by atoms with Crippen molar-refractivity contribution in [2.75, 3.05) is 5.32 Å². The Morgan fingerprint density at radius 3 is 2.49 bits per heavy atom. The van der Waals surface area contributed by atoms with Crippen molar-refractivity contribution < 1.29 is 27.2 Å². The van der Waals surface area contributed by atoms with Gasteiger partial charge >= 0.3 is 6.18 Å². The molecule has 0 spiro atoms. The Kier molecular flexibility index (Phi) is 6.64. The van der Waals surface area contributed by atoms with Crippen molar-refractivity contribution in [3.05, 3.63) is 63.1 Å². The second-order valence-electron chi connectivity index (χ2n) is 7.53. The number of hydrogen-bond donors (Lipinski definition) is 2. The summed E-state index contributed by atoms with van der Waals surface area (Å²) in [6.45, 7) is 2.00. The Balaban J connectivity index is 1.80. The van der Waals surface area contributed by atoms with Gasteiger partial charge in [-0.2, -0.15) is 18.3 Å². The SMILES string of the molecule is Cc1nn(CCC(=O)Nc2c(C(N)=O)sc3nc(C(F)(F)F)cc(-c4ccc(F)cc4)c23)cc1Br. The number of primary amides is 1. The van der Waals surface area contributed by atoms with E-state index in [-0.39, 0.29) is 44.9 Å². The number of carbonyl (C=O) groups excluding carboxylic acids is 2. The number of benzene rings is 1. The molecule has 0 saturated heterocycles. The third-order valence-corrected chi connectivity index (χ3v) is 6.93. The summed E-state index contributed by atoms with van der Waals surface area (Å²) in [6, 6.07) is 5.59. The summed E-state index contributed by atoms with van der Waals surface area (Å²) in [5, 5.41) is 6.95. The monoisotopic (exact) mass is 569 g/mol. The zero-order chi connectivity index (χ0) is 25.5. The number of anilines is 1. The quantitative estimate of drug-likeness (QED) is 0.298. The van der Waals surface area contributed by atoms with Gasteiger partial charge in [-0.05, 0) is 52.2 Å². The molecule has 4 rings (SSSR count).